The molecule has 9 nitrogen and oxygen atoms in total. The maximum Gasteiger partial charge on any atom is 0.294 e. The van der Waals surface area contributed by atoms with Crippen molar-refractivity contribution in [1.82, 2.24) is 9.80 Å². The van der Waals surface area contributed by atoms with Gasteiger partial charge in [0.05, 0.1) is 12.0 Å². The molecule has 0 saturated carbocycles. The molecule has 2 aromatic carbocycles. The van der Waals surface area contributed by atoms with Crippen LogP contribution in [0.3, 0.4) is 0 Å². The lowest BCUT2D eigenvalue weighted by molar-refractivity contribution is -0.136. The van der Waals surface area contributed by atoms with Crippen LogP contribution >= 0.6 is 11.8 Å². The fraction of sp³-hybridized carbons (Fsp3) is 0.292. The van der Waals surface area contributed by atoms with Gasteiger partial charge in [0, 0.05) is 31.9 Å². The number of nitrogens with zero attached hydrogens (tertiary/aromatic N) is 3. The number of imide groups is 1. The smallest absolute Gasteiger partial charge is 0.294 e. The number of fused-ring (bicyclic) bond motifs is 1. The van der Waals surface area contributed by atoms with E-state index in [1.54, 1.807) is 23.1 Å². The van der Waals surface area contributed by atoms with Crippen LogP contribution < -0.4 is 19.1 Å². The number of methoxy groups -OCH3 is 1. The predicted molar refractivity (Wildman–Crippen MR) is 127 cm³/mol. The number of amides is 3. The van der Waals surface area contributed by atoms with Crippen molar-refractivity contribution in [2.45, 2.75) is 0 Å². The van der Waals surface area contributed by atoms with Crippen molar-refractivity contribution >= 4 is 40.6 Å². The van der Waals surface area contributed by atoms with Crippen molar-refractivity contribution in [2.75, 3.05) is 51.5 Å². The number of para-hydroxylation sites is 1. The third-order valence-corrected chi connectivity index (χ3v) is 6.81. The SMILES string of the molecule is COc1cc(/C=C2/SC(=O)N(CC(=O)N3CCN(c4ccccc4)CC3)C2=O)cc2c1OCO2. The Labute approximate surface area is 200 Å². The van der Waals surface area contributed by atoms with Crippen molar-refractivity contribution in [3.05, 3.63) is 52.9 Å². The summed E-state index contributed by atoms with van der Waals surface area (Å²) in [6, 6.07) is 13.5. The van der Waals surface area contributed by atoms with Crippen LogP contribution in [0.2, 0.25) is 0 Å². The summed E-state index contributed by atoms with van der Waals surface area (Å²) < 4.78 is 16.1. The molecule has 0 aromatic heterocycles. The molecule has 3 heterocycles. The van der Waals surface area contributed by atoms with E-state index in [1.807, 2.05) is 30.3 Å². The molecular formula is C24H23N3O6S. The molecule has 10 heteroatoms. The Balaban J connectivity index is 1.23. The van der Waals surface area contributed by atoms with Gasteiger partial charge in [-0.05, 0) is 47.7 Å². The van der Waals surface area contributed by atoms with Gasteiger partial charge in [0.1, 0.15) is 6.54 Å². The lowest BCUT2D eigenvalue weighted by Crippen LogP contribution is -2.51. The minimum atomic E-state index is -0.483. The van der Waals surface area contributed by atoms with Crippen LogP contribution in [-0.2, 0) is 9.59 Å². The molecule has 0 bridgehead atoms. The summed E-state index contributed by atoms with van der Waals surface area (Å²) in [4.78, 5) is 43.5. The van der Waals surface area contributed by atoms with Crippen molar-refractivity contribution < 1.29 is 28.6 Å². The summed E-state index contributed by atoms with van der Waals surface area (Å²) in [5, 5.41) is -0.458. The molecule has 0 radical (unpaired) electrons. The van der Waals surface area contributed by atoms with Crippen molar-refractivity contribution in [1.29, 1.82) is 0 Å². The van der Waals surface area contributed by atoms with Gasteiger partial charge in [0.25, 0.3) is 11.1 Å². The molecule has 2 aromatic rings. The van der Waals surface area contributed by atoms with E-state index in [-0.39, 0.29) is 24.2 Å². The number of carbonyl (C=O) groups excluding carboxylic acids is 3. The Hall–Kier alpha value is -3.66. The van der Waals surface area contributed by atoms with Crippen LogP contribution in [0.1, 0.15) is 5.56 Å². The number of benzene rings is 2. The molecule has 34 heavy (non-hydrogen) atoms. The second-order valence-electron chi connectivity index (χ2n) is 7.93. The number of hydrogen-bond acceptors (Lipinski definition) is 8. The quantitative estimate of drug-likeness (QED) is 0.603. The number of thioether (sulfide) groups is 1. The molecule has 3 amide bonds. The molecule has 2 fully saturated rings. The number of rotatable bonds is 5. The summed E-state index contributed by atoms with van der Waals surface area (Å²) in [7, 11) is 1.51. The number of piperazine rings is 1. The van der Waals surface area contributed by atoms with Crippen molar-refractivity contribution in [3.8, 4) is 17.2 Å². The average Bonchev–Trinajstić information content (AvgIpc) is 3.44. The number of hydrogen-bond donors (Lipinski definition) is 0. The fourth-order valence-corrected chi connectivity index (χ4v) is 4.95. The summed E-state index contributed by atoms with van der Waals surface area (Å²) in [5.74, 6) is 0.773. The van der Waals surface area contributed by atoms with Crippen LogP contribution in [0.25, 0.3) is 6.08 Å². The van der Waals surface area contributed by atoms with Gasteiger partial charge in [-0.3, -0.25) is 19.3 Å². The minimum Gasteiger partial charge on any atom is -0.493 e. The molecule has 0 unspecified atom stereocenters. The molecule has 0 atom stereocenters. The van der Waals surface area contributed by atoms with E-state index in [1.165, 1.54) is 7.11 Å². The first-order chi connectivity index (χ1) is 16.5. The van der Waals surface area contributed by atoms with E-state index in [9.17, 15) is 14.4 Å². The third kappa shape index (κ3) is 4.28. The van der Waals surface area contributed by atoms with E-state index >= 15 is 0 Å². The molecule has 0 aliphatic carbocycles. The highest BCUT2D eigenvalue weighted by Crippen LogP contribution is 2.43. The largest absolute Gasteiger partial charge is 0.493 e. The predicted octanol–water partition coefficient (Wildman–Crippen LogP) is 2.81. The lowest BCUT2D eigenvalue weighted by atomic mass is 10.1. The third-order valence-electron chi connectivity index (χ3n) is 5.90. The van der Waals surface area contributed by atoms with Crippen LogP contribution in [-0.4, -0.2) is 73.5 Å². The molecular weight excluding hydrogens is 458 g/mol. The van der Waals surface area contributed by atoms with Crippen LogP contribution in [0.4, 0.5) is 10.5 Å². The van der Waals surface area contributed by atoms with Gasteiger partial charge in [0.2, 0.25) is 18.4 Å². The molecule has 2 saturated heterocycles. The number of ether oxygens (including phenoxy) is 3. The Morgan fingerprint density at radius 1 is 1.09 bits per heavy atom. The monoisotopic (exact) mass is 481 g/mol. The Morgan fingerprint density at radius 2 is 1.85 bits per heavy atom. The summed E-state index contributed by atoms with van der Waals surface area (Å²) in [5.41, 5.74) is 1.75. The van der Waals surface area contributed by atoms with E-state index in [0.29, 0.717) is 49.0 Å². The standard InChI is InChI=1S/C24H23N3O6S/c1-31-18-11-16(12-19-22(18)33-15-32-19)13-20-23(29)27(24(30)34-20)14-21(28)26-9-7-25(8-10-26)17-5-3-2-4-6-17/h2-6,11-13H,7-10,14-15H2,1H3/b20-13+. The fourth-order valence-electron chi connectivity index (χ4n) is 4.11. The first-order valence-corrected chi connectivity index (χ1v) is 11.7. The topological polar surface area (TPSA) is 88.6 Å². The van der Waals surface area contributed by atoms with Gasteiger partial charge in [-0.15, -0.1) is 0 Å². The summed E-state index contributed by atoms with van der Waals surface area (Å²) >= 11 is 0.816. The normalized spacial score (nSPS) is 18.7. The molecule has 0 spiro atoms. The lowest BCUT2D eigenvalue weighted by Gasteiger charge is -2.36. The second kappa shape index (κ2) is 9.30. The molecule has 3 aliphatic rings. The Kier molecular flexibility index (Phi) is 6.06. The highest BCUT2D eigenvalue weighted by Gasteiger charge is 2.37. The number of anilines is 1. The zero-order valence-electron chi connectivity index (χ0n) is 18.6. The van der Waals surface area contributed by atoms with Crippen molar-refractivity contribution in [3.63, 3.8) is 0 Å². The Bertz CT molecular complexity index is 1160. The van der Waals surface area contributed by atoms with Gasteiger partial charge in [-0.2, -0.15) is 0 Å². The number of carbonyl (C=O) groups is 3. The maximum atomic E-state index is 12.9. The minimum absolute atomic E-state index is 0.0907. The zero-order valence-corrected chi connectivity index (χ0v) is 19.4. The first kappa shape index (κ1) is 22.1. The average molecular weight is 482 g/mol. The first-order valence-electron chi connectivity index (χ1n) is 10.8. The Morgan fingerprint density at radius 3 is 2.59 bits per heavy atom. The van der Waals surface area contributed by atoms with Crippen LogP contribution in [0.15, 0.2) is 47.4 Å². The summed E-state index contributed by atoms with van der Waals surface area (Å²) in [6.45, 7) is 2.30. The van der Waals surface area contributed by atoms with E-state index < -0.39 is 11.1 Å². The molecule has 0 N–H and O–H groups in total. The van der Waals surface area contributed by atoms with Crippen LogP contribution in [0, 0.1) is 0 Å². The summed E-state index contributed by atoms with van der Waals surface area (Å²) in [6.07, 6.45) is 1.60. The van der Waals surface area contributed by atoms with Gasteiger partial charge < -0.3 is 24.0 Å². The van der Waals surface area contributed by atoms with Crippen LogP contribution in [0.5, 0.6) is 17.2 Å². The molecule has 3 aliphatic heterocycles. The molecule has 176 valence electrons. The zero-order chi connectivity index (χ0) is 23.7. The molecule has 5 rings (SSSR count). The van der Waals surface area contributed by atoms with E-state index in [0.717, 1.165) is 22.3 Å². The van der Waals surface area contributed by atoms with Crippen molar-refractivity contribution in [2.24, 2.45) is 0 Å². The van der Waals surface area contributed by atoms with Gasteiger partial charge >= 0.3 is 0 Å². The van der Waals surface area contributed by atoms with Gasteiger partial charge in [-0.1, -0.05) is 18.2 Å². The second-order valence-corrected chi connectivity index (χ2v) is 8.92. The highest BCUT2D eigenvalue weighted by atomic mass is 32.2. The van der Waals surface area contributed by atoms with E-state index in [2.05, 4.69) is 4.90 Å². The van der Waals surface area contributed by atoms with E-state index in [4.69, 9.17) is 14.2 Å². The highest BCUT2D eigenvalue weighted by molar-refractivity contribution is 8.18. The maximum absolute atomic E-state index is 12.9. The van der Waals surface area contributed by atoms with Gasteiger partial charge in [0.15, 0.2) is 11.5 Å². The van der Waals surface area contributed by atoms with Gasteiger partial charge in [-0.25, -0.2) is 0 Å².